The van der Waals surface area contributed by atoms with Crippen LogP contribution in [-0.2, 0) is 13.2 Å². The molecule has 6 nitrogen and oxygen atoms in total. The van der Waals surface area contributed by atoms with Crippen molar-refractivity contribution in [3.63, 3.8) is 0 Å². The van der Waals surface area contributed by atoms with E-state index in [9.17, 15) is 0 Å². The van der Waals surface area contributed by atoms with E-state index in [-0.39, 0.29) is 6.61 Å². The van der Waals surface area contributed by atoms with E-state index in [2.05, 4.69) is 22.6 Å². The van der Waals surface area contributed by atoms with E-state index in [1.54, 1.807) is 6.26 Å². The molecule has 2 atom stereocenters. The van der Waals surface area contributed by atoms with Crippen molar-refractivity contribution in [1.29, 1.82) is 0 Å². The molecule has 1 aliphatic carbocycles. The Balaban J connectivity index is 1.68. The maximum Gasteiger partial charge on any atom is 0.120 e. The third kappa shape index (κ3) is 3.16. The Morgan fingerprint density at radius 3 is 3.00 bits per heavy atom. The predicted octanol–water partition coefficient (Wildman–Crippen LogP) is 1.95. The number of hydrogen-bond acceptors (Lipinski definition) is 5. The lowest BCUT2D eigenvalue weighted by Crippen LogP contribution is -2.39. The van der Waals surface area contributed by atoms with E-state index >= 15 is 0 Å². The fourth-order valence-electron chi connectivity index (χ4n) is 3.02. The average molecular weight is 290 g/mol. The first-order valence-electron chi connectivity index (χ1n) is 7.56. The fraction of sp³-hybridized carbons (Fsp3) is 0.600. The molecule has 0 amide bonds. The molecular formula is C15H22N4O2. The Bertz CT molecular complexity index is 578. The second-order valence-electron chi connectivity index (χ2n) is 5.71. The molecule has 6 heteroatoms. The lowest BCUT2D eigenvalue weighted by atomic mass is 9.90. The summed E-state index contributed by atoms with van der Waals surface area (Å²) in [5.74, 6) is 0.994. The van der Waals surface area contributed by atoms with Gasteiger partial charge in [0.25, 0.3) is 0 Å². The Labute approximate surface area is 124 Å². The number of furan rings is 1. The van der Waals surface area contributed by atoms with Crippen LogP contribution in [0, 0.1) is 6.92 Å². The summed E-state index contributed by atoms with van der Waals surface area (Å²) in [6.07, 6.45) is 8.23. The zero-order chi connectivity index (χ0) is 14.7. The monoisotopic (exact) mass is 290 g/mol. The second-order valence-corrected chi connectivity index (χ2v) is 5.71. The van der Waals surface area contributed by atoms with Crippen LogP contribution in [0.3, 0.4) is 0 Å². The highest BCUT2D eigenvalue weighted by atomic mass is 16.3. The molecule has 2 aromatic heterocycles. The van der Waals surface area contributed by atoms with Crippen molar-refractivity contribution in [1.82, 2.24) is 20.3 Å². The van der Waals surface area contributed by atoms with Crippen LogP contribution < -0.4 is 5.32 Å². The molecule has 1 aliphatic rings. The van der Waals surface area contributed by atoms with Gasteiger partial charge in [-0.25, -0.2) is 4.68 Å². The summed E-state index contributed by atoms with van der Waals surface area (Å²) in [5.41, 5.74) is 1.80. The highest BCUT2D eigenvalue weighted by Crippen LogP contribution is 2.28. The quantitative estimate of drug-likeness (QED) is 0.880. The van der Waals surface area contributed by atoms with Crippen LogP contribution in [0.2, 0.25) is 0 Å². The Kier molecular flexibility index (Phi) is 4.36. The summed E-state index contributed by atoms with van der Waals surface area (Å²) in [5, 5.41) is 20.9. The standard InChI is InChI=1S/C15H22N4O2/c1-11-6-7-21-15(11)8-16-13-4-2-3-5-14(13)19-9-12(10-20)17-18-19/h6-7,9,13-14,16,20H,2-5,8,10H2,1H3/t13-,14+/m0/s1. The molecule has 1 saturated carbocycles. The molecule has 21 heavy (non-hydrogen) atoms. The fourth-order valence-corrected chi connectivity index (χ4v) is 3.02. The van der Waals surface area contributed by atoms with Crippen LogP contribution in [0.15, 0.2) is 22.9 Å². The normalized spacial score (nSPS) is 22.6. The number of aromatic nitrogens is 3. The van der Waals surface area contributed by atoms with Crippen LogP contribution in [-0.4, -0.2) is 26.1 Å². The molecule has 3 rings (SSSR count). The van der Waals surface area contributed by atoms with E-state index in [1.165, 1.54) is 18.4 Å². The molecule has 0 spiro atoms. The lowest BCUT2D eigenvalue weighted by molar-refractivity contribution is 0.238. The number of nitrogens with one attached hydrogen (secondary N) is 1. The van der Waals surface area contributed by atoms with E-state index in [0.717, 1.165) is 25.1 Å². The van der Waals surface area contributed by atoms with Gasteiger partial charge in [-0.1, -0.05) is 18.1 Å². The lowest BCUT2D eigenvalue weighted by Gasteiger charge is -2.32. The van der Waals surface area contributed by atoms with Gasteiger partial charge in [0, 0.05) is 6.04 Å². The summed E-state index contributed by atoms with van der Waals surface area (Å²) < 4.78 is 7.39. The minimum atomic E-state index is -0.0591. The van der Waals surface area contributed by atoms with Crippen molar-refractivity contribution in [3.8, 4) is 0 Å². The van der Waals surface area contributed by atoms with Gasteiger partial charge in [0.05, 0.1) is 31.7 Å². The second kappa shape index (κ2) is 6.41. The van der Waals surface area contributed by atoms with Crippen LogP contribution in [0.25, 0.3) is 0 Å². The molecule has 2 N–H and O–H groups in total. The first-order valence-corrected chi connectivity index (χ1v) is 7.56. The minimum Gasteiger partial charge on any atom is -0.468 e. The summed E-state index contributed by atoms with van der Waals surface area (Å²) in [7, 11) is 0. The molecule has 1 fully saturated rings. The smallest absolute Gasteiger partial charge is 0.120 e. The van der Waals surface area contributed by atoms with Gasteiger partial charge in [0.15, 0.2) is 0 Å². The highest BCUT2D eigenvalue weighted by Gasteiger charge is 2.27. The van der Waals surface area contributed by atoms with Gasteiger partial charge in [-0.2, -0.15) is 0 Å². The molecular weight excluding hydrogens is 268 g/mol. The molecule has 0 aliphatic heterocycles. The number of aliphatic hydroxyl groups excluding tert-OH is 1. The van der Waals surface area contributed by atoms with Crippen molar-refractivity contribution in [2.24, 2.45) is 0 Å². The van der Waals surface area contributed by atoms with E-state index in [1.807, 2.05) is 16.9 Å². The molecule has 0 aromatic carbocycles. The average Bonchev–Trinajstić information content (AvgIpc) is 3.14. The number of aliphatic hydroxyl groups is 1. The third-order valence-corrected chi connectivity index (χ3v) is 4.28. The molecule has 0 unspecified atom stereocenters. The van der Waals surface area contributed by atoms with Gasteiger partial charge in [0.1, 0.15) is 11.5 Å². The summed E-state index contributed by atoms with van der Waals surface area (Å²) in [4.78, 5) is 0. The maximum absolute atomic E-state index is 9.13. The van der Waals surface area contributed by atoms with E-state index in [4.69, 9.17) is 9.52 Å². The summed E-state index contributed by atoms with van der Waals surface area (Å²) in [6.45, 7) is 2.74. The first-order chi connectivity index (χ1) is 10.3. The summed E-state index contributed by atoms with van der Waals surface area (Å²) in [6, 6.07) is 2.64. The molecule has 2 heterocycles. The maximum atomic E-state index is 9.13. The third-order valence-electron chi connectivity index (χ3n) is 4.28. The zero-order valence-corrected chi connectivity index (χ0v) is 12.3. The number of rotatable bonds is 5. The van der Waals surface area contributed by atoms with E-state index < -0.39 is 0 Å². The van der Waals surface area contributed by atoms with E-state index in [0.29, 0.717) is 17.8 Å². The van der Waals surface area contributed by atoms with Gasteiger partial charge < -0.3 is 14.8 Å². The largest absolute Gasteiger partial charge is 0.468 e. The molecule has 2 aromatic rings. The van der Waals surface area contributed by atoms with Gasteiger partial charge in [-0.3, -0.25) is 0 Å². The van der Waals surface area contributed by atoms with Crippen molar-refractivity contribution >= 4 is 0 Å². The first kappa shape index (κ1) is 14.3. The van der Waals surface area contributed by atoms with Crippen molar-refractivity contribution < 1.29 is 9.52 Å². The van der Waals surface area contributed by atoms with Gasteiger partial charge in [0.2, 0.25) is 0 Å². The van der Waals surface area contributed by atoms with Crippen molar-refractivity contribution in [3.05, 3.63) is 35.5 Å². The minimum absolute atomic E-state index is 0.0591. The Hall–Kier alpha value is -1.66. The topological polar surface area (TPSA) is 76.1 Å². The molecule has 0 bridgehead atoms. The SMILES string of the molecule is Cc1ccoc1CN[C@H]1CCCC[C@H]1n1cc(CO)nn1. The van der Waals surface area contributed by atoms with Crippen molar-refractivity contribution in [2.45, 2.75) is 57.8 Å². The number of hydrogen-bond donors (Lipinski definition) is 2. The number of aryl methyl sites for hydroxylation is 1. The Morgan fingerprint density at radius 2 is 2.29 bits per heavy atom. The molecule has 0 radical (unpaired) electrons. The Morgan fingerprint density at radius 1 is 1.43 bits per heavy atom. The van der Waals surface area contributed by atoms with Crippen molar-refractivity contribution in [2.75, 3.05) is 0 Å². The van der Waals surface area contributed by atoms with Gasteiger partial charge in [-0.05, 0) is 31.4 Å². The number of nitrogens with zero attached hydrogens (tertiary/aromatic N) is 3. The highest BCUT2D eigenvalue weighted by molar-refractivity contribution is 5.14. The van der Waals surface area contributed by atoms with Gasteiger partial charge in [-0.15, -0.1) is 5.10 Å². The van der Waals surface area contributed by atoms with Crippen LogP contribution in [0.1, 0.15) is 48.7 Å². The summed E-state index contributed by atoms with van der Waals surface area (Å²) >= 11 is 0. The van der Waals surface area contributed by atoms with Crippen LogP contribution >= 0.6 is 0 Å². The predicted molar refractivity (Wildman–Crippen MR) is 77.5 cm³/mol. The molecule has 0 saturated heterocycles. The van der Waals surface area contributed by atoms with Crippen LogP contribution in [0.5, 0.6) is 0 Å². The zero-order valence-electron chi connectivity index (χ0n) is 12.3. The van der Waals surface area contributed by atoms with Crippen LogP contribution in [0.4, 0.5) is 0 Å². The van der Waals surface area contributed by atoms with Gasteiger partial charge >= 0.3 is 0 Å². The molecule has 114 valence electrons.